The predicted octanol–water partition coefficient (Wildman–Crippen LogP) is 4.40. The molecule has 1 fully saturated rings. The van der Waals surface area contributed by atoms with Gasteiger partial charge in [-0.3, -0.25) is 4.79 Å². The molecular weight excluding hydrogens is 310 g/mol. The lowest BCUT2D eigenvalue weighted by Gasteiger charge is -2.21. The summed E-state index contributed by atoms with van der Waals surface area (Å²) in [5, 5.41) is 8.94. The van der Waals surface area contributed by atoms with E-state index in [-0.39, 0.29) is 0 Å². The summed E-state index contributed by atoms with van der Waals surface area (Å²) < 4.78 is 0. The van der Waals surface area contributed by atoms with Gasteiger partial charge in [0.05, 0.1) is 0 Å². The quantitative estimate of drug-likeness (QED) is 0.776. The summed E-state index contributed by atoms with van der Waals surface area (Å²) >= 11 is 0. The van der Waals surface area contributed by atoms with Crippen molar-refractivity contribution in [2.24, 2.45) is 5.92 Å². The van der Waals surface area contributed by atoms with Gasteiger partial charge in [-0.2, -0.15) is 0 Å². The van der Waals surface area contributed by atoms with Crippen LogP contribution in [0.15, 0.2) is 60.7 Å². The van der Waals surface area contributed by atoms with Gasteiger partial charge in [-0.15, -0.1) is 0 Å². The molecule has 1 N–H and O–H groups in total. The van der Waals surface area contributed by atoms with Gasteiger partial charge in [0, 0.05) is 18.9 Å². The third-order valence-electron chi connectivity index (χ3n) is 5.20. The summed E-state index contributed by atoms with van der Waals surface area (Å²) in [6.07, 6.45) is 3.59. The summed E-state index contributed by atoms with van der Waals surface area (Å²) in [4.78, 5) is 13.3. The summed E-state index contributed by atoms with van der Waals surface area (Å²) in [5.41, 5.74) is 2.75. The summed E-state index contributed by atoms with van der Waals surface area (Å²) in [6.45, 7) is 3.04. The maximum absolute atomic E-state index is 10.9. The van der Waals surface area contributed by atoms with Gasteiger partial charge < -0.3 is 10.0 Å². The summed E-state index contributed by atoms with van der Waals surface area (Å²) in [5.74, 6) is 0.0939. The molecule has 1 saturated heterocycles. The minimum atomic E-state index is -0.667. The first-order valence-electron chi connectivity index (χ1n) is 9.26. The van der Waals surface area contributed by atoms with Crippen molar-refractivity contribution in [2.75, 3.05) is 19.6 Å². The van der Waals surface area contributed by atoms with E-state index < -0.39 is 5.97 Å². The van der Waals surface area contributed by atoms with Crippen LogP contribution in [-0.2, 0) is 4.79 Å². The molecule has 25 heavy (non-hydrogen) atoms. The molecule has 0 radical (unpaired) electrons. The maximum atomic E-state index is 10.9. The molecule has 2 aromatic rings. The number of benzene rings is 2. The monoisotopic (exact) mass is 337 g/mol. The lowest BCUT2D eigenvalue weighted by atomic mass is 9.87. The number of hydrogen-bond donors (Lipinski definition) is 1. The molecule has 1 unspecified atom stereocenters. The molecule has 1 aliphatic rings. The standard InChI is InChI=1S/C22H27NO2/c24-22(25)16-18-13-15-23(17-18)14-7-12-21(19-8-3-1-4-9-19)20-10-5-2-6-11-20/h1-6,8-11,18,21H,7,12-17H2,(H,24,25). The first-order chi connectivity index (χ1) is 12.2. The van der Waals surface area contributed by atoms with Gasteiger partial charge in [0.15, 0.2) is 0 Å². The second kappa shape index (κ2) is 8.82. The van der Waals surface area contributed by atoms with Crippen molar-refractivity contribution >= 4 is 5.97 Å². The van der Waals surface area contributed by atoms with E-state index in [2.05, 4.69) is 65.6 Å². The molecule has 1 heterocycles. The topological polar surface area (TPSA) is 40.5 Å². The Balaban J connectivity index is 1.56. The molecule has 3 nitrogen and oxygen atoms in total. The van der Waals surface area contributed by atoms with Crippen LogP contribution in [0.4, 0.5) is 0 Å². The van der Waals surface area contributed by atoms with Crippen LogP contribution < -0.4 is 0 Å². The van der Waals surface area contributed by atoms with Gasteiger partial charge in [0.2, 0.25) is 0 Å². The van der Waals surface area contributed by atoms with Gasteiger partial charge in [-0.05, 0) is 49.4 Å². The molecule has 0 bridgehead atoms. The molecule has 0 aromatic heterocycles. The molecule has 3 heteroatoms. The fraction of sp³-hybridized carbons (Fsp3) is 0.409. The SMILES string of the molecule is O=C(O)CC1CCN(CCCC(c2ccccc2)c2ccccc2)C1. The van der Waals surface area contributed by atoms with Gasteiger partial charge in [0.1, 0.15) is 0 Å². The van der Waals surface area contributed by atoms with Crippen LogP contribution in [0.2, 0.25) is 0 Å². The summed E-state index contributed by atoms with van der Waals surface area (Å²) in [6, 6.07) is 21.5. The fourth-order valence-electron chi connectivity index (χ4n) is 3.95. The molecule has 3 rings (SSSR count). The molecule has 0 aliphatic carbocycles. The number of aliphatic carboxylic acids is 1. The third kappa shape index (κ3) is 5.17. The Hall–Kier alpha value is -2.13. The Labute approximate surface area is 150 Å². The number of likely N-dealkylation sites (tertiary alicyclic amines) is 1. The van der Waals surface area contributed by atoms with Crippen LogP contribution in [0, 0.1) is 5.92 Å². The average molecular weight is 337 g/mol. The number of carbonyl (C=O) groups is 1. The van der Waals surface area contributed by atoms with E-state index in [4.69, 9.17) is 5.11 Å². The normalized spacial score (nSPS) is 17.9. The van der Waals surface area contributed by atoms with Gasteiger partial charge in [-0.25, -0.2) is 0 Å². The van der Waals surface area contributed by atoms with E-state index in [1.165, 1.54) is 11.1 Å². The molecule has 0 spiro atoms. The van der Waals surface area contributed by atoms with E-state index in [0.717, 1.165) is 38.9 Å². The molecule has 1 atom stereocenters. The number of carboxylic acids is 1. The van der Waals surface area contributed by atoms with Crippen molar-refractivity contribution in [2.45, 2.75) is 31.6 Å². The van der Waals surface area contributed by atoms with Crippen molar-refractivity contribution in [3.05, 3.63) is 71.8 Å². The number of nitrogens with zero attached hydrogens (tertiary/aromatic N) is 1. The predicted molar refractivity (Wildman–Crippen MR) is 101 cm³/mol. The van der Waals surface area contributed by atoms with E-state index >= 15 is 0 Å². The second-order valence-corrected chi connectivity index (χ2v) is 7.07. The lowest BCUT2D eigenvalue weighted by molar-refractivity contribution is -0.138. The zero-order valence-corrected chi connectivity index (χ0v) is 14.7. The highest BCUT2D eigenvalue weighted by molar-refractivity contribution is 5.67. The first kappa shape index (κ1) is 17.7. The van der Waals surface area contributed by atoms with Crippen molar-refractivity contribution in [3.63, 3.8) is 0 Å². The molecule has 0 amide bonds. The molecule has 1 aliphatic heterocycles. The van der Waals surface area contributed by atoms with Crippen molar-refractivity contribution in [1.29, 1.82) is 0 Å². The van der Waals surface area contributed by atoms with E-state index in [1.54, 1.807) is 0 Å². The van der Waals surface area contributed by atoms with Crippen LogP contribution in [0.25, 0.3) is 0 Å². The molecule has 132 valence electrons. The first-order valence-corrected chi connectivity index (χ1v) is 9.26. The Bertz CT molecular complexity index is 617. The molecule has 2 aromatic carbocycles. The van der Waals surface area contributed by atoms with Gasteiger partial charge in [-0.1, -0.05) is 60.7 Å². The fourth-order valence-corrected chi connectivity index (χ4v) is 3.95. The number of rotatable bonds is 8. The minimum absolute atomic E-state index is 0.313. The van der Waals surface area contributed by atoms with Crippen LogP contribution >= 0.6 is 0 Å². The second-order valence-electron chi connectivity index (χ2n) is 7.07. The number of carboxylic acid groups (broad SMARTS) is 1. The minimum Gasteiger partial charge on any atom is -0.481 e. The maximum Gasteiger partial charge on any atom is 0.303 e. The molecule has 0 saturated carbocycles. The lowest BCUT2D eigenvalue weighted by Crippen LogP contribution is -2.23. The smallest absolute Gasteiger partial charge is 0.303 e. The van der Waals surface area contributed by atoms with E-state index in [9.17, 15) is 4.79 Å². The van der Waals surface area contributed by atoms with E-state index in [0.29, 0.717) is 18.3 Å². The van der Waals surface area contributed by atoms with Gasteiger partial charge >= 0.3 is 5.97 Å². The van der Waals surface area contributed by atoms with Crippen LogP contribution in [0.5, 0.6) is 0 Å². The van der Waals surface area contributed by atoms with Crippen LogP contribution in [-0.4, -0.2) is 35.6 Å². The Kier molecular flexibility index (Phi) is 6.24. The number of hydrogen-bond acceptors (Lipinski definition) is 2. The Morgan fingerprint density at radius 1 is 1.04 bits per heavy atom. The highest BCUT2D eigenvalue weighted by Crippen LogP contribution is 2.29. The highest BCUT2D eigenvalue weighted by Gasteiger charge is 2.24. The van der Waals surface area contributed by atoms with Gasteiger partial charge in [0.25, 0.3) is 0 Å². The average Bonchev–Trinajstić information content (AvgIpc) is 3.07. The highest BCUT2D eigenvalue weighted by atomic mass is 16.4. The zero-order valence-electron chi connectivity index (χ0n) is 14.7. The Morgan fingerprint density at radius 2 is 1.64 bits per heavy atom. The van der Waals surface area contributed by atoms with E-state index in [1.807, 2.05) is 0 Å². The molecular formula is C22H27NO2. The van der Waals surface area contributed by atoms with Crippen LogP contribution in [0.3, 0.4) is 0 Å². The van der Waals surface area contributed by atoms with Crippen molar-refractivity contribution < 1.29 is 9.90 Å². The third-order valence-corrected chi connectivity index (χ3v) is 5.20. The van der Waals surface area contributed by atoms with Crippen molar-refractivity contribution in [1.82, 2.24) is 4.90 Å². The largest absolute Gasteiger partial charge is 0.481 e. The zero-order chi connectivity index (χ0) is 17.5. The summed E-state index contributed by atoms with van der Waals surface area (Å²) in [7, 11) is 0. The van der Waals surface area contributed by atoms with Crippen LogP contribution in [0.1, 0.15) is 42.7 Å². The Morgan fingerprint density at radius 3 is 2.20 bits per heavy atom. The van der Waals surface area contributed by atoms with Crippen molar-refractivity contribution in [3.8, 4) is 0 Å².